The van der Waals surface area contributed by atoms with Crippen LogP contribution in [0.2, 0.25) is 0 Å². The second-order valence-electron chi connectivity index (χ2n) is 6.87. The molecule has 7 nitrogen and oxygen atoms in total. The number of carbonyl (C=O) groups excluding carboxylic acids is 2. The summed E-state index contributed by atoms with van der Waals surface area (Å²) in [6.07, 6.45) is 1.72. The summed E-state index contributed by atoms with van der Waals surface area (Å²) in [6.45, 7) is 4.16. The monoisotopic (exact) mass is 386 g/mol. The molecule has 0 saturated heterocycles. The molecule has 0 atom stereocenters. The van der Waals surface area contributed by atoms with Gasteiger partial charge in [-0.15, -0.1) is 0 Å². The largest absolute Gasteiger partial charge is 0.359 e. The Balaban J connectivity index is 1.77. The van der Waals surface area contributed by atoms with Crippen molar-refractivity contribution >= 4 is 29.2 Å². The second kappa shape index (κ2) is 7.95. The molecular formula is C20H23FN4O3. The van der Waals surface area contributed by atoms with Gasteiger partial charge in [-0.1, -0.05) is 0 Å². The van der Waals surface area contributed by atoms with E-state index in [0.717, 1.165) is 22.5 Å². The molecule has 8 heteroatoms. The number of halogens is 1. The van der Waals surface area contributed by atoms with E-state index >= 15 is 0 Å². The average molecular weight is 386 g/mol. The van der Waals surface area contributed by atoms with Crippen LogP contribution in [0.1, 0.15) is 28.1 Å². The number of rotatable bonds is 6. The summed E-state index contributed by atoms with van der Waals surface area (Å²) in [5.41, 5.74) is 7.68. The first-order valence-electron chi connectivity index (χ1n) is 8.83. The number of amides is 2. The summed E-state index contributed by atoms with van der Waals surface area (Å²) in [5, 5.41) is 2.74. The zero-order valence-corrected chi connectivity index (χ0v) is 16.3. The van der Waals surface area contributed by atoms with Crippen LogP contribution in [0.4, 0.5) is 10.1 Å². The van der Waals surface area contributed by atoms with Crippen molar-refractivity contribution < 1.29 is 18.8 Å². The number of likely N-dealkylation sites (N-methyl/N-ethyl adjacent to an activating group) is 1. The van der Waals surface area contributed by atoms with Gasteiger partial charge in [0, 0.05) is 42.3 Å². The molecule has 0 radical (unpaired) electrons. The predicted octanol–water partition coefficient (Wildman–Crippen LogP) is 2.37. The van der Waals surface area contributed by atoms with Crippen molar-refractivity contribution in [3.8, 4) is 0 Å². The molecule has 148 valence electrons. The molecule has 1 aromatic heterocycles. The lowest BCUT2D eigenvalue weighted by atomic mass is 10.0. The molecule has 0 unspecified atom stereocenters. The minimum absolute atomic E-state index is 0.0783. The quantitative estimate of drug-likeness (QED) is 0.404. The van der Waals surface area contributed by atoms with Gasteiger partial charge in [-0.05, 0) is 43.7 Å². The topological polar surface area (TPSA) is 86.5 Å². The molecule has 1 aliphatic rings. The van der Waals surface area contributed by atoms with E-state index in [-0.39, 0.29) is 25.0 Å². The van der Waals surface area contributed by atoms with E-state index in [1.54, 1.807) is 26.2 Å². The maximum Gasteiger partial charge on any atom is 0.256 e. The summed E-state index contributed by atoms with van der Waals surface area (Å²) >= 11 is 0. The summed E-state index contributed by atoms with van der Waals surface area (Å²) in [5.74, 6) is -0.757. The Labute approximate surface area is 162 Å². The molecule has 0 spiro atoms. The van der Waals surface area contributed by atoms with Gasteiger partial charge in [-0.25, -0.2) is 4.39 Å². The summed E-state index contributed by atoms with van der Waals surface area (Å²) in [7, 11) is 3.35. The van der Waals surface area contributed by atoms with Crippen molar-refractivity contribution in [2.24, 2.45) is 0 Å². The normalized spacial score (nSPS) is 14.3. The number of aromatic amines is 1. The Morgan fingerprint density at radius 3 is 2.79 bits per heavy atom. The van der Waals surface area contributed by atoms with Crippen LogP contribution in [-0.2, 0) is 21.0 Å². The predicted molar refractivity (Wildman–Crippen MR) is 105 cm³/mol. The fraction of sp³-hybridized carbons (Fsp3) is 0.300. The van der Waals surface area contributed by atoms with E-state index in [2.05, 4.69) is 15.8 Å². The van der Waals surface area contributed by atoms with Gasteiger partial charge in [-0.3, -0.25) is 14.4 Å². The third-order valence-corrected chi connectivity index (χ3v) is 4.73. The van der Waals surface area contributed by atoms with Gasteiger partial charge in [0.1, 0.15) is 12.4 Å². The van der Waals surface area contributed by atoms with Crippen LogP contribution in [0.15, 0.2) is 18.2 Å². The molecule has 28 heavy (non-hydrogen) atoms. The smallest absolute Gasteiger partial charge is 0.256 e. The highest BCUT2D eigenvalue weighted by molar-refractivity contribution is 6.34. The first kappa shape index (κ1) is 19.8. The summed E-state index contributed by atoms with van der Waals surface area (Å²) in [4.78, 5) is 34.0. The number of aryl methyl sites for hydroxylation is 1. The Kier molecular flexibility index (Phi) is 5.62. The third kappa shape index (κ3) is 3.97. The minimum atomic E-state index is -0.395. The SMILES string of the molecule is Cc1[nH]c(/C=C2\C(=O)Nc3ccc(F)cc32)c(C)c1CONCC(=O)N(C)C. The van der Waals surface area contributed by atoms with Gasteiger partial charge in [0.2, 0.25) is 5.91 Å². The third-order valence-electron chi connectivity index (χ3n) is 4.73. The van der Waals surface area contributed by atoms with E-state index < -0.39 is 5.82 Å². The lowest BCUT2D eigenvalue weighted by Gasteiger charge is -2.11. The Bertz CT molecular complexity index is 963. The van der Waals surface area contributed by atoms with Crippen LogP contribution in [0, 0.1) is 19.7 Å². The number of carbonyl (C=O) groups is 2. The number of hydrogen-bond acceptors (Lipinski definition) is 4. The Morgan fingerprint density at radius 2 is 2.07 bits per heavy atom. The van der Waals surface area contributed by atoms with E-state index in [0.29, 0.717) is 16.8 Å². The Hall–Kier alpha value is -2.97. The van der Waals surface area contributed by atoms with Crippen molar-refractivity contribution in [2.45, 2.75) is 20.5 Å². The van der Waals surface area contributed by atoms with Gasteiger partial charge in [0.15, 0.2) is 0 Å². The van der Waals surface area contributed by atoms with Crippen LogP contribution in [-0.4, -0.2) is 42.3 Å². The van der Waals surface area contributed by atoms with Crippen LogP contribution in [0.25, 0.3) is 11.6 Å². The number of hydrogen-bond donors (Lipinski definition) is 3. The summed E-state index contributed by atoms with van der Waals surface area (Å²) in [6, 6.07) is 4.21. The molecule has 3 rings (SSSR count). The minimum Gasteiger partial charge on any atom is -0.359 e. The highest BCUT2D eigenvalue weighted by Crippen LogP contribution is 2.34. The molecule has 0 bridgehead atoms. The molecule has 1 aromatic carbocycles. The van der Waals surface area contributed by atoms with E-state index in [9.17, 15) is 14.0 Å². The fourth-order valence-corrected chi connectivity index (χ4v) is 3.02. The zero-order chi connectivity index (χ0) is 20.4. The number of H-pyrrole nitrogens is 1. The highest BCUT2D eigenvalue weighted by atomic mass is 19.1. The number of aromatic nitrogens is 1. The number of anilines is 1. The van der Waals surface area contributed by atoms with Crippen molar-refractivity contribution in [2.75, 3.05) is 26.0 Å². The van der Waals surface area contributed by atoms with E-state index in [4.69, 9.17) is 4.84 Å². The molecule has 0 aliphatic carbocycles. The molecular weight excluding hydrogens is 363 g/mol. The van der Waals surface area contributed by atoms with Crippen LogP contribution >= 0.6 is 0 Å². The van der Waals surface area contributed by atoms with Crippen LogP contribution in [0.5, 0.6) is 0 Å². The van der Waals surface area contributed by atoms with Gasteiger partial charge in [0.05, 0.1) is 12.2 Å². The number of nitrogens with one attached hydrogen (secondary N) is 3. The number of benzene rings is 1. The summed E-state index contributed by atoms with van der Waals surface area (Å²) < 4.78 is 13.6. The van der Waals surface area contributed by atoms with Crippen LogP contribution in [0.3, 0.4) is 0 Å². The zero-order valence-electron chi connectivity index (χ0n) is 16.3. The average Bonchev–Trinajstić information content (AvgIpc) is 3.08. The number of fused-ring (bicyclic) bond motifs is 1. The van der Waals surface area contributed by atoms with Crippen LogP contribution < -0.4 is 10.8 Å². The molecule has 2 heterocycles. The lowest BCUT2D eigenvalue weighted by Crippen LogP contribution is -2.32. The fourth-order valence-electron chi connectivity index (χ4n) is 3.02. The highest BCUT2D eigenvalue weighted by Gasteiger charge is 2.25. The molecule has 2 aromatic rings. The molecule has 2 amide bonds. The molecule has 1 aliphatic heterocycles. The second-order valence-corrected chi connectivity index (χ2v) is 6.87. The van der Waals surface area contributed by atoms with Gasteiger partial charge < -0.3 is 15.2 Å². The first-order valence-corrected chi connectivity index (χ1v) is 8.83. The van der Waals surface area contributed by atoms with E-state index in [1.807, 2.05) is 13.8 Å². The standard InChI is InChI=1S/C20H23FN4O3/c1-11-16(10-28-22-9-19(26)25(3)4)12(2)23-18(11)8-15-14-7-13(21)5-6-17(14)24-20(15)27/h5-8,22-23H,9-10H2,1-4H3,(H,24,27)/b15-8-. The van der Waals surface area contributed by atoms with Crippen molar-refractivity contribution in [3.05, 3.63) is 52.1 Å². The maximum atomic E-state index is 13.6. The molecule has 3 N–H and O–H groups in total. The lowest BCUT2D eigenvalue weighted by molar-refractivity contribution is -0.130. The van der Waals surface area contributed by atoms with Crippen molar-refractivity contribution in [1.29, 1.82) is 0 Å². The molecule has 0 saturated carbocycles. The van der Waals surface area contributed by atoms with Gasteiger partial charge in [-0.2, -0.15) is 5.48 Å². The first-order chi connectivity index (χ1) is 13.3. The van der Waals surface area contributed by atoms with Crippen molar-refractivity contribution in [3.63, 3.8) is 0 Å². The van der Waals surface area contributed by atoms with Gasteiger partial charge >= 0.3 is 0 Å². The molecule has 0 fully saturated rings. The van der Waals surface area contributed by atoms with E-state index in [1.165, 1.54) is 17.0 Å². The Morgan fingerprint density at radius 1 is 1.32 bits per heavy atom. The van der Waals surface area contributed by atoms with Crippen molar-refractivity contribution in [1.82, 2.24) is 15.4 Å². The maximum absolute atomic E-state index is 13.6. The number of nitrogens with zero attached hydrogens (tertiary/aromatic N) is 1. The van der Waals surface area contributed by atoms with Gasteiger partial charge in [0.25, 0.3) is 5.91 Å². The number of hydroxylamine groups is 1.